The molecule has 25 heavy (non-hydrogen) atoms. The van der Waals surface area contributed by atoms with E-state index in [4.69, 9.17) is 0 Å². The number of carbonyl (C=O) groups is 1. The molecule has 0 radical (unpaired) electrons. The van der Waals surface area contributed by atoms with Crippen LogP contribution in [-0.4, -0.2) is 16.1 Å². The molecule has 3 rings (SSSR count). The Morgan fingerprint density at radius 2 is 1.76 bits per heavy atom. The number of rotatable bonds is 5. The van der Waals surface area contributed by atoms with Crippen LogP contribution in [0.4, 0.5) is 30.5 Å². The molecule has 9 heteroatoms. The first kappa shape index (κ1) is 16.9. The first-order chi connectivity index (χ1) is 12.0. The Balaban J connectivity index is 1.64. The third-order valence-corrected chi connectivity index (χ3v) is 4.02. The van der Waals surface area contributed by atoms with Crippen molar-refractivity contribution in [2.45, 2.75) is 6.42 Å². The first-order valence-electron chi connectivity index (χ1n) is 7.09. The Bertz CT molecular complexity index is 885. The summed E-state index contributed by atoms with van der Waals surface area (Å²) in [5.41, 5.74) is -0.275. The lowest BCUT2D eigenvalue weighted by Gasteiger charge is -2.08. The standard InChI is InChI=1S/C16H11F3N4OS/c17-10-3-4-11(16(19)15(10)18)20-12-5-6-13(23-22-12)21-14(24)8-9-2-1-7-25-9/h1-7H,8H2,(H,20,22)(H,21,23,24). The fraction of sp³-hybridized carbons (Fsp3) is 0.0625. The number of carbonyl (C=O) groups excluding carboxylic acids is 1. The van der Waals surface area contributed by atoms with E-state index < -0.39 is 17.5 Å². The lowest BCUT2D eigenvalue weighted by atomic mass is 10.3. The molecule has 2 aromatic heterocycles. The number of hydrogen-bond acceptors (Lipinski definition) is 5. The van der Waals surface area contributed by atoms with Crippen molar-refractivity contribution in [1.82, 2.24) is 10.2 Å². The van der Waals surface area contributed by atoms with Crippen molar-refractivity contribution in [3.8, 4) is 0 Å². The van der Waals surface area contributed by atoms with Gasteiger partial charge in [-0.05, 0) is 35.7 Å². The van der Waals surface area contributed by atoms with Crippen LogP contribution in [0.2, 0.25) is 0 Å². The van der Waals surface area contributed by atoms with Gasteiger partial charge in [0.05, 0.1) is 12.1 Å². The van der Waals surface area contributed by atoms with Crippen LogP contribution in [-0.2, 0) is 11.2 Å². The van der Waals surface area contributed by atoms with Crippen molar-refractivity contribution in [3.05, 3.63) is 64.1 Å². The molecule has 0 saturated carbocycles. The molecule has 0 atom stereocenters. The van der Waals surface area contributed by atoms with Gasteiger partial charge in [-0.1, -0.05) is 6.07 Å². The molecule has 0 saturated heterocycles. The number of aromatic nitrogens is 2. The number of nitrogens with zero attached hydrogens (tertiary/aromatic N) is 2. The molecule has 2 N–H and O–H groups in total. The van der Waals surface area contributed by atoms with Crippen molar-refractivity contribution in [2.24, 2.45) is 0 Å². The number of halogens is 3. The minimum Gasteiger partial charge on any atom is -0.336 e. The first-order valence-corrected chi connectivity index (χ1v) is 7.97. The van der Waals surface area contributed by atoms with E-state index >= 15 is 0 Å². The van der Waals surface area contributed by atoms with Gasteiger partial charge in [0.1, 0.15) is 0 Å². The van der Waals surface area contributed by atoms with E-state index in [0.29, 0.717) is 0 Å². The van der Waals surface area contributed by atoms with Gasteiger partial charge >= 0.3 is 0 Å². The van der Waals surface area contributed by atoms with Gasteiger partial charge in [0.15, 0.2) is 29.1 Å². The minimum atomic E-state index is -1.57. The largest absolute Gasteiger partial charge is 0.336 e. The number of anilines is 3. The van der Waals surface area contributed by atoms with Crippen molar-refractivity contribution >= 4 is 34.6 Å². The van der Waals surface area contributed by atoms with Crippen molar-refractivity contribution in [2.75, 3.05) is 10.6 Å². The van der Waals surface area contributed by atoms with Crippen LogP contribution in [0.25, 0.3) is 0 Å². The Labute approximate surface area is 144 Å². The summed E-state index contributed by atoms with van der Waals surface area (Å²) in [6.07, 6.45) is 0.222. The highest BCUT2D eigenvalue weighted by molar-refractivity contribution is 7.10. The summed E-state index contributed by atoms with van der Waals surface area (Å²) in [5, 5.41) is 14.5. The molecule has 2 heterocycles. The number of nitrogens with one attached hydrogen (secondary N) is 2. The molecule has 0 fully saturated rings. The molecule has 0 aliphatic rings. The normalized spacial score (nSPS) is 10.5. The van der Waals surface area contributed by atoms with E-state index in [-0.39, 0.29) is 29.7 Å². The SMILES string of the molecule is O=C(Cc1cccs1)Nc1ccc(Nc2ccc(F)c(F)c2F)nn1. The predicted molar refractivity (Wildman–Crippen MR) is 88.3 cm³/mol. The molecule has 0 bridgehead atoms. The zero-order valence-electron chi connectivity index (χ0n) is 12.6. The summed E-state index contributed by atoms with van der Waals surface area (Å²) in [6, 6.07) is 8.43. The molecule has 1 amide bonds. The minimum absolute atomic E-state index is 0.112. The predicted octanol–water partition coefficient (Wildman–Crippen LogP) is 3.88. The van der Waals surface area contributed by atoms with Gasteiger partial charge in [-0.3, -0.25) is 4.79 Å². The number of benzene rings is 1. The molecular formula is C16H11F3N4OS. The second-order valence-corrected chi connectivity index (χ2v) is 5.99. The third-order valence-electron chi connectivity index (χ3n) is 3.14. The van der Waals surface area contributed by atoms with E-state index in [1.54, 1.807) is 0 Å². The van der Waals surface area contributed by atoms with Gasteiger partial charge in [-0.25, -0.2) is 13.2 Å². The monoisotopic (exact) mass is 364 g/mol. The zero-order chi connectivity index (χ0) is 17.8. The third kappa shape index (κ3) is 4.13. The van der Waals surface area contributed by atoms with Gasteiger partial charge in [0.2, 0.25) is 5.91 Å². The highest BCUT2D eigenvalue weighted by Gasteiger charge is 2.14. The molecular weight excluding hydrogens is 353 g/mol. The fourth-order valence-electron chi connectivity index (χ4n) is 1.98. The van der Waals surface area contributed by atoms with Crippen LogP contribution in [0, 0.1) is 17.5 Å². The van der Waals surface area contributed by atoms with Gasteiger partial charge in [-0.2, -0.15) is 0 Å². The van der Waals surface area contributed by atoms with Crippen molar-refractivity contribution in [3.63, 3.8) is 0 Å². The average molecular weight is 364 g/mol. The van der Waals surface area contributed by atoms with Gasteiger partial charge in [0.25, 0.3) is 0 Å². The quantitative estimate of drug-likeness (QED) is 0.675. The van der Waals surface area contributed by atoms with Crippen LogP contribution < -0.4 is 10.6 Å². The number of hydrogen-bond donors (Lipinski definition) is 2. The summed E-state index contributed by atoms with van der Waals surface area (Å²) < 4.78 is 39.7. The molecule has 0 spiro atoms. The summed E-state index contributed by atoms with van der Waals surface area (Å²) >= 11 is 1.47. The summed E-state index contributed by atoms with van der Waals surface area (Å²) in [7, 11) is 0. The topological polar surface area (TPSA) is 66.9 Å². The fourth-order valence-corrected chi connectivity index (χ4v) is 2.69. The van der Waals surface area contributed by atoms with E-state index in [2.05, 4.69) is 20.8 Å². The van der Waals surface area contributed by atoms with E-state index in [1.807, 2.05) is 17.5 Å². The van der Waals surface area contributed by atoms with E-state index in [1.165, 1.54) is 23.5 Å². The maximum absolute atomic E-state index is 13.6. The molecule has 0 aliphatic carbocycles. The van der Waals surface area contributed by atoms with Crippen LogP contribution in [0.5, 0.6) is 0 Å². The van der Waals surface area contributed by atoms with Gasteiger partial charge < -0.3 is 10.6 Å². The molecule has 1 aromatic carbocycles. The maximum atomic E-state index is 13.6. The van der Waals surface area contributed by atoms with E-state index in [9.17, 15) is 18.0 Å². The lowest BCUT2D eigenvalue weighted by Crippen LogP contribution is -2.15. The maximum Gasteiger partial charge on any atom is 0.230 e. The highest BCUT2D eigenvalue weighted by atomic mass is 32.1. The van der Waals surface area contributed by atoms with Crippen LogP contribution in [0.1, 0.15) is 4.88 Å². The van der Waals surface area contributed by atoms with Gasteiger partial charge in [0, 0.05) is 4.88 Å². The van der Waals surface area contributed by atoms with E-state index in [0.717, 1.165) is 17.0 Å². The Morgan fingerprint density at radius 3 is 2.44 bits per heavy atom. The Morgan fingerprint density at radius 1 is 1.00 bits per heavy atom. The molecule has 128 valence electrons. The van der Waals surface area contributed by atoms with Crippen LogP contribution in [0.15, 0.2) is 41.8 Å². The zero-order valence-corrected chi connectivity index (χ0v) is 13.4. The molecule has 0 aliphatic heterocycles. The Hall–Kier alpha value is -2.94. The molecule has 3 aromatic rings. The smallest absolute Gasteiger partial charge is 0.230 e. The molecule has 5 nitrogen and oxygen atoms in total. The number of thiophene rings is 1. The van der Waals surface area contributed by atoms with Crippen molar-refractivity contribution in [1.29, 1.82) is 0 Å². The number of amides is 1. The van der Waals surface area contributed by atoms with Crippen LogP contribution in [0.3, 0.4) is 0 Å². The van der Waals surface area contributed by atoms with Crippen molar-refractivity contribution < 1.29 is 18.0 Å². The highest BCUT2D eigenvalue weighted by Crippen LogP contribution is 2.22. The second kappa shape index (κ2) is 7.31. The van der Waals surface area contributed by atoms with Gasteiger partial charge in [-0.15, -0.1) is 21.5 Å². The second-order valence-electron chi connectivity index (χ2n) is 4.96. The molecule has 0 unspecified atom stereocenters. The van der Waals surface area contributed by atoms with Crippen LogP contribution >= 0.6 is 11.3 Å². The summed E-state index contributed by atoms with van der Waals surface area (Å²) in [6.45, 7) is 0. The summed E-state index contributed by atoms with van der Waals surface area (Å²) in [4.78, 5) is 12.8. The average Bonchev–Trinajstić information content (AvgIpc) is 3.10. The summed E-state index contributed by atoms with van der Waals surface area (Å²) in [5.74, 6) is -4.12. The lowest BCUT2D eigenvalue weighted by molar-refractivity contribution is -0.115. The Kier molecular flexibility index (Phi) is 4.94.